The minimum Gasteiger partial charge on any atom is -0.472 e. The van der Waals surface area contributed by atoms with E-state index in [1.807, 2.05) is 19.9 Å². The van der Waals surface area contributed by atoms with Crippen molar-refractivity contribution in [2.75, 3.05) is 6.61 Å². The molecular formula is C24H30O8. The molecule has 1 aromatic heterocycles. The predicted octanol–water partition coefficient (Wildman–Crippen LogP) is 2.99. The molecule has 32 heavy (non-hydrogen) atoms. The van der Waals surface area contributed by atoms with Crippen molar-refractivity contribution in [3.05, 3.63) is 24.2 Å². The summed E-state index contributed by atoms with van der Waals surface area (Å²) in [6, 6.07) is 1.88. The zero-order chi connectivity index (χ0) is 23.1. The fourth-order valence-electron chi connectivity index (χ4n) is 7.20. The Kier molecular flexibility index (Phi) is 4.67. The molecule has 2 aliphatic carbocycles. The number of esters is 2. The van der Waals surface area contributed by atoms with Crippen LogP contribution in [0.5, 0.6) is 0 Å². The second kappa shape index (κ2) is 6.90. The molecule has 3 heterocycles. The number of ketones is 1. The highest BCUT2D eigenvalue weighted by Crippen LogP contribution is 2.71. The fraction of sp³-hybridized carbons (Fsp3) is 0.708. The number of hydrogen-bond donors (Lipinski definition) is 0. The van der Waals surface area contributed by atoms with E-state index in [0.29, 0.717) is 6.42 Å². The van der Waals surface area contributed by atoms with Crippen LogP contribution in [0, 0.1) is 22.7 Å². The first-order chi connectivity index (χ1) is 15.0. The first-order valence-corrected chi connectivity index (χ1v) is 11.2. The second-order valence-corrected chi connectivity index (χ2v) is 10.3. The molecule has 2 saturated heterocycles. The van der Waals surface area contributed by atoms with Crippen LogP contribution in [-0.4, -0.2) is 48.2 Å². The van der Waals surface area contributed by atoms with Crippen LogP contribution in [0.4, 0.5) is 0 Å². The number of hydrogen-bond acceptors (Lipinski definition) is 8. The van der Waals surface area contributed by atoms with Gasteiger partial charge in [-0.3, -0.25) is 14.4 Å². The van der Waals surface area contributed by atoms with E-state index in [-0.39, 0.29) is 48.3 Å². The van der Waals surface area contributed by atoms with E-state index in [0.717, 1.165) is 5.56 Å². The van der Waals surface area contributed by atoms with Gasteiger partial charge in [-0.15, -0.1) is 0 Å². The Hall–Kier alpha value is -2.19. The maximum atomic E-state index is 13.4. The molecule has 5 rings (SSSR count). The van der Waals surface area contributed by atoms with E-state index in [9.17, 15) is 14.4 Å². The summed E-state index contributed by atoms with van der Waals surface area (Å²) in [5.41, 5.74) is -1.42. The van der Waals surface area contributed by atoms with Gasteiger partial charge in [-0.05, 0) is 17.9 Å². The molecule has 0 radical (unpaired) electrons. The molecule has 0 N–H and O–H groups in total. The topological polar surface area (TPSA) is 105 Å². The summed E-state index contributed by atoms with van der Waals surface area (Å²) >= 11 is 0. The summed E-state index contributed by atoms with van der Waals surface area (Å²) in [5.74, 6) is -1.28. The number of carbonyl (C=O) groups is 3. The molecule has 9 unspecified atom stereocenters. The van der Waals surface area contributed by atoms with E-state index in [4.69, 9.17) is 23.4 Å². The first kappa shape index (κ1) is 21.6. The van der Waals surface area contributed by atoms with Crippen molar-refractivity contribution in [1.82, 2.24) is 0 Å². The van der Waals surface area contributed by atoms with Crippen LogP contribution in [0.2, 0.25) is 0 Å². The lowest BCUT2D eigenvalue weighted by Crippen LogP contribution is -2.75. The Bertz CT molecular complexity index is 949. The molecule has 8 heteroatoms. The lowest BCUT2D eigenvalue weighted by atomic mass is 9.41. The van der Waals surface area contributed by atoms with Crippen molar-refractivity contribution in [2.24, 2.45) is 22.7 Å². The molecule has 4 fully saturated rings. The number of Topliss-reactive ketones (excluding diaryl/α,β-unsaturated/α-hetero) is 1. The van der Waals surface area contributed by atoms with Gasteiger partial charge in [-0.1, -0.05) is 20.8 Å². The van der Waals surface area contributed by atoms with Crippen LogP contribution in [0.15, 0.2) is 23.0 Å². The van der Waals surface area contributed by atoms with Crippen LogP contribution in [0.3, 0.4) is 0 Å². The zero-order valence-corrected chi connectivity index (χ0v) is 19.1. The molecule has 4 aliphatic rings. The Labute approximate surface area is 186 Å². The number of epoxide rings is 1. The number of furan rings is 1. The smallest absolute Gasteiger partial charge is 0.303 e. The van der Waals surface area contributed by atoms with Crippen molar-refractivity contribution < 1.29 is 37.7 Å². The summed E-state index contributed by atoms with van der Waals surface area (Å²) in [7, 11) is 0. The van der Waals surface area contributed by atoms with Crippen LogP contribution in [-0.2, 0) is 33.3 Å². The fourth-order valence-corrected chi connectivity index (χ4v) is 7.20. The standard InChI is InChI=1S/C24H30O8/c1-12-19(30-13(2)25)21(31-14(3)26)23(5)20-16(8-18(27)24(23)11-29-24)32-17(9-22(12,20)4)15-6-7-28-10-15/h6-7,10,12,16-17,19-21H,8-9,11H2,1-5H3. The highest BCUT2D eigenvalue weighted by Gasteiger charge is 2.81. The average molecular weight is 446 g/mol. The van der Waals surface area contributed by atoms with E-state index in [2.05, 4.69) is 6.92 Å². The van der Waals surface area contributed by atoms with Crippen molar-refractivity contribution in [2.45, 2.75) is 77.5 Å². The summed E-state index contributed by atoms with van der Waals surface area (Å²) in [6.07, 6.45) is 2.01. The molecule has 9 atom stereocenters. The predicted molar refractivity (Wildman–Crippen MR) is 109 cm³/mol. The summed E-state index contributed by atoms with van der Waals surface area (Å²) < 4.78 is 29.4. The Balaban J connectivity index is 1.68. The Morgan fingerprint density at radius 2 is 1.84 bits per heavy atom. The third kappa shape index (κ3) is 2.71. The van der Waals surface area contributed by atoms with E-state index in [1.54, 1.807) is 12.5 Å². The average Bonchev–Trinajstić information content (AvgIpc) is 3.34. The van der Waals surface area contributed by atoms with Gasteiger partial charge in [0.05, 0.1) is 36.8 Å². The maximum Gasteiger partial charge on any atom is 0.303 e. The SMILES string of the molecule is CC(=O)OC1C(C)C2(C)CC(c3ccoc3)OC3CC(=O)C4(CO4)C(C)(C1OC(C)=O)C32. The highest BCUT2D eigenvalue weighted by atomic mass is 16.6. The second-order valence-electron chi connectivity index (χ2n) is 10.3. The van der Waals surface area contributed by atoms with Crippen LogP contribution < -0.4 is 0 Å². The third-order valence-corrected chi connectivity index (χ3v) is 8.77. The number of carbonyl (C=O) groups excluding carboxylic acids is 3. The van der Waals surface area contributed by atoms with E-state index >= 15 is 0 Å². The van der Waals surface area contributed by atoms with Crippen molar-refractivity contribution >= 4 is 17.7 Å². The van der Waals surface area contributed by atoms with Gasteiger partial charge in [0.2, 0.25) is 0 Å². The lowest BCUT2D eigenvalue weighted by Gasteiger charge is -2.67. The zero-order valence-electron chi connectivity index (χ0n) is 19.1. The number of fused-ring (bicyclic) bond motifs is 1. The molecule has 0 bridgehead atoms. The first-order valence-electron chi connectivity index (χ1n) is 11.2. The third-order valence-electron chi connectivity index (χ3n) is 8.77. The van der Waals surface area contributed by atoms with E-state index < -0.39 is 35.2 Å². The van der Waals surface area contributed by atoms with Crippen molar-refractivity contribution in [3.8, 4) is 0 Å². The largest absolute Gasteiger partial charge is 0.472 e. The Morgan fingerprint density at radius 3 is 2.41 bits per heavy atom. The summed E-state index contributed by atoms with van der Waals surface area (Å²) in [4.78, 5) is 37.7. The van der Waals surface area contributed by atoms with Gasteiger partial charge < -0.3 is 23.4 Å². The number of ether oxygens (including phenoxy) is 4. The molecule has 2 saturated carbocycles. The molecule has 0 aromatic carbocycles. The van der Waals surface area contributed by atoms with Gasteiger partial charge in [0.1, 0.15) is 12.2 Å². The Morgan fingerprint density at radius 1 is 1.16 bits per heavy atom. The van der Waals surface area contributed by atoms with Crippen LogP contribution in [0.25, 0.3) is 0 Å². The molecule has 0 amide bonds. The minimum atomic E-state index is -1.06. The maximum absolute atomic E-state index is 13.4. The molecule has 2 aliphatic heterocycles. The molecule has 1 aromatic rings. The number of rotatable bonds is 3. The van der Waals surface area contributed by atoms with Crippen molar-refractivity contribution in [3.63, 3.8) is 0 Å². The van der Waals surface area contributed by atoms with Gasteiger partial charge in [-0.25, -0.2) is 0 Å². The van der Waals surface area contributed by atoms with Crippen molar-refractivity contribution in [1.29, 1.82) is 0 Å². The molecule has 174 valence electrons. The molecular weight excluding hydrogens is 416 g/mol. The van der Waals surface area contributed by atoms with Crippen LogP contribution >= 0.6 is 0 Å². The molecule has 1 spiro atoms. The normalized spacial score (nSPS) is 47.0. The quantitative estimate of drug-likeness (QED) is 0.516. The van der Waals surface area contributed by atoms with Gasteiger partial charge in [0.25, 0.3) is 0 Å². The van der Waals surface area contributed by atoms with Gasteiger partial charge in [0.15, 0.2) is 11.4 Å². The minimum absolute atomic E-state index is 0.0512. The molecule has 8 nitrogen and oxygen atoms in total. The van der Waals surface area contributed by atoms with Gasteiger partial charge in [0, 0.05) is 37.7 Å². The van der Waals surface area contributed by atoms with Crippen LogP contribution in [0.1, 0.15) is 59.1 Å². The monoisotopic (exact) mass is 446 g/mol. The van der Waals surface area contributed by atoms with E-state index in [1.165, 1.54) is 13.8 Å². The van der Waals surface area contributed by atoms with Gasteiger partial charge >= 0.3 is 11.9 Å². The highest BCUT2D eigenvalue weighted by molar-refractivity contribution is 5.93. The summed E-state index contributed by atoms with van der Waals surface area (Å²) in [6.45, 7) is 9.12. The summed E-state index contributed by atoms with van der Waals surface area (Å²) in [5, 5.41) is 0. The van der Waals surface area contributed by atoms with Gasteiger partial charge in [-0.2, -0.15) is 0 Å². The lowest BCUT2D eigenvalue weighted by molar-refractivity contribution is -0.297.